The fourth-order valence-corrected chi connectivity index (χ4v) is 6.03. The molecule has 0 aliphatic carbocycles. The molecule has 232 valence electrons. The molecule has 5 rings (SSSR count). The van der Waals surface area contributed by atoms with E-state index in [1.54, 1.807) is 0 Å². The Balaban J connectivity index is 1.60. The molecule has 45 heavy (non-hydrogen) atoms. The molecule has 0 saturated carbocycles. The second-order valence-electron chi connectivity index (χ2n) is 9.54. The van der Waals surface area contributed by atoms with Gasteiger partial charge in [0.05, 0.1) is 22.5 Å². The number of para-hydroxylation sites is 1. The fraction of sp³-hybridized carbons (Fsp3) is 0.0370. The van der Waals surface area contributed by atoms with Gasteiger partial charge in [-0.1, -0.05) is 30.3 Å². The van der Waals surface area contributed by atoms with E-state index in [1.807, 2.05) is 0 Å². The van der Waals surface area contributed by atoms with E-state index in [0.717, 1.165) is 18.4 Å². The van der Waals surface area contributed by atoms with Crippen LogP contribution in [0.2, 0.25) is 0 Å². The lowest BCUT2D eigenvalue weighted by molar-refractivity contribution is 0.472. The van der Waals surface area contributed by atoms with Crippen LogP contribution in [0.25, 0.3) is 21.5 Å². The van der Waals surface area contributed by atoms with Crippen molar-refractivity contribution < 1.29 is 44.6 Å². The third kappa shape index (κ3) is 6.89. The molecule has 0 spiro atoms. The van der Waals surface area contributed by atoms with Gasteiger partial charge in [0.1, 0.15) is 27.7 Å². The second-order valence-corrected chi connectivity index (χ2v) is 14.1. The number of phenolic OH excluding ortho intramolecular Hbond substituents is 2. The Kier molecular flexibility index (Phi) is 8.02. The lowest BCUT2D eigenvalue weighted by Crippen LogP contribution is -2.09. The summed E-state index contributed by atoms with van der Waals surface area (Å²) in [6, 6.07) is 17.3. The molecule has 0 aromatic heterocycles. The number of azo groups is 2. The summed E-state index contributed by atoms with van der Waals surface area (Å²) < 4.78 is 92.3. The van der Waals surface area contributed by atoms with Gasteiger partial charge in [0.2, 0.25) is 10.0 Å². The van der Waals surface area contributed by atoms with Crippen LogP contribution in [0.3, 0.4) is 0 Å². The summed E-state index contributed by atoms with van der Waals surface area (Å²) in [5.74, 6) is -0.999. The molecule has 5 aromatic rings. The van der Waals surface area contributed by atoms with Crippen LogP contribution in [0.5, 0.6) is 11.5 Å². The highest BCUT2D eigenvalue weighted by Gasteiger charge is 2.22. The first-order valence-electron chi connectivity index (χ1n) is 12.4. The van der Waals surface area contributed by atoms with Crippen molar-refractivity contribution in [3.63, 3.8) is 0 Å². The zero-order valence-electron chi connectivity index (χ0n) is 22.8. The fourth-order valence-electron chi connectivity index (χ4n) is 4.29. The molecule has 0 radical (unpaired) electrons. The molecule has 0 bridgehead atoms. The Morgan fingerprint density at radius 3 is 2.00 bits per heavy atom. The van der Waals surface area contributed by atoms with E-state index in [1.165, 1.54) is 66.7 Å². The van der Waals surface area contributed by atoms with Crippen LogP contribution < -0.4 is 4.72 Å². The number of aromatic hydroxyl groups is 2. The number of nitrogens with one attached hydrogen (secondary N) is 1. The monoisotopic (exact) mass is 671 g/mol. The lowest BCUT2D eigenvalue weighted by atomic mass is 10.1. The highest BCUT2D eigenvalue weighted by atomic mass is 32.2. The molecule has 5 aromatic carbocycles. The summed E-state index contributed by atoms with van der Waals surface area (Å²) in [6.07, 6.45) is 0.919. The molecule has 0 atom stereocenters. The van der Waals surface area contributed by atoms with Crippen molar-refractivity contribution >= 4 is 80.2 Å². The van der Waals surface area contributed by atoms with Gasteiger partial charge >= 0.3 is 0 Å². The standard InChI is InChI=1S/C27H21N5O10S3/c1-43(35,36)32-22-5-3-2-4-21(22)29-31-26-24(45(40,41)42)13-16-6-8-17(14-20(16)27(26)34)28-30-25-19-10-9-18(44(37,38)39)12-15(19)7-11-23(25)33/h2-14,32-34H,1H3,(H,37,38,39)(H,40,41,42)/b30-28?,31-29+. The maximum absolute atomic E-state index is 12.2. The predicted molar refractivity (Wildman–Crippen MR) is 164 cm³/mol. The van der Waals surface area contributed by atoms with Crippen molar-refractivity contribution in [3.8, 4) is 11.5 Å². The van der Waals surface area contributed by atoms with E-state index in [0.29, 0.717) is 10.8 Å². The van der Waals surface area contributed by atoms with Crippen LogP contribution in [0.4, 0.5) is 28.4 Å². The molecule has 0 aliphatic heterocycles. The maximum atomic E-state index is 12.2. The first-order valence-corrected chi connectivity index (χ1v) is 17.2. The predicted octanol–water partition coefficient (Wildman–Crippen LogP) is 6.10. The molecule has 5 N–H and O–H groups in total. The Labute approximate surface area is 255 Å². The minimum Gasteiger partial charge on any atom is -0.506 e. The van der Waals surface area contributed by atoms with Crippen LogP contribution in [-0.2, 0) is 30.3 Å². The zero-order valence-corrected chi connectivity index (χ0v) is 25.2. The summed E-state index contributed by atoms with van der Waals surface area (Å²) >= 11 is 0. The van der Waals surface area contributed by atoms with Crippen molar-refractivity contribution in [2.75, 3.05) is 11.0 Å². The number of benzene rings is 5. The Morgan fingerprint density at radius 1 is 0.644 bits per heavy atom. The number of rotatable bonds is 8. The topological polar surface area (TPSA) is 245 Å². The van der Waals surface area contributed by atoms with Crippen LogP contribution in [0.1, 0.15) is 0 Å². The second kappa shape index (κ2) is 11.5. The van der Waals surface area contributed by atoms with Gasteiger partial charge in [0, 0.05) is 10.8 Å². The number of phenols is 2. The van der Waals surface area contributed by atoms with Crippen LogP contribution >= 0.6 is 0 Å². The van der Waals surface area contributed by atoms with Crippen LogP contribution in [0.15, 0.2) is 109 Å². The SMILES string of the molecule is CS(=O)(=O)Nc1ccccc1/N=N/c1c(S(=O)(=O)O)cc2ccc(N=Nc3c(O)ccc4cc(S(=O)(=O)O)ccc34)cc2c1O. The molecule has 18 heteroatoms. The summed E-state index contributed by atoms with van der Waals surface area (Å²) in [4.78, 5) is -1.13. The third-order valence-corrected chi connectivity index (χ3v) is 8.58. The van der Waals surface area contributed by atoms with Gasteiger partial charge in [-0.3, -0.25) is 13.8 Å². The molecule has 0 unspecified atom stereocenters. The number of anilines is 1. The van der Waals surface area contributed by atoms with E-state index in [4.69, 9.17) is 0 Å². The number of hydrogen-bond donors (Lipinski definition) is 5. The number of fused-ring (bicyclic) bond motifs is 2. The number of hydrogen-bond acceptors (Lipinski definition) is 12. The molecule has 0 saturated heterocycles. The van der Waals surface area contributed by atoms with Crippen molar-refractivity contribution in [1.29, 1.82) is 0 Å². The normalized spacial score (nSPS) is 12.9. The molecule has 0 heterocycles. The molecular weight excluding hydrogens is 651 g/mol. The Morgan fingerprint density at radius 2 is 1.31 bits per heavy atom. The molecule has 15 nitrogen and oxygen atoms in total. The minimum atomic E-state index is -4.93. The molecule has 0 amide bonds. The largest absolute Gasteiger partial charge is 0.506 e. The van der Waals surface area contributed by atoms with Crippen molar-refractivity contribution in [1.82, 2.24) is 0 Å². The Hall–Kier alpha value is -5.01. The van der Waals surface area contributed by atoms with Crippen molar-refractivity contribution in [2.45, 2.75) is 9.79 Å². The molecular formula is C27H21N5O10S3. The average molecular weight is 672 g/mol. The minimum absolute atomic E-state index is 0.0195. The van der Waals surface area contributed by atoms with Gasteiger partial charge in [-0.25, -0.2) is 8.42 Å². The van der Waals surface area contributed by atoms with Gasteiger partial charge < -0.3 is 10.2 Å². The summed E-state index contributed by atoms with van der Waals surface area (Å²) in [5.41, 5.74) is -0.560. The molecule has 0 fully saturated rings. The maximum Gasteiger partial charge on any atom is 0.296 e. The van der Waals surface area contributed by atoms with Gasteiger partial charge in [0.25, 0.3) is 20.2 Å². The zero-order chi connectivity index (χ0) is 32.7. The highest BCUT2D eigenvalue weighted by molar-refractivity contribution is 7.92. The Bertz CT molecular complexity index is 2410. The quantitative estimate of drug-likeness (QED) is 0.0936. The summed E-state index contributed by atoms with van der Waals surface area (Å²) in [7, 11) is -13.1. The van der Waals surface area contributed by atoms with Crippen molar-refractivity contribution in [2.24, 2.45) is 20.5 Å². The van der Waals surface area contributed by atoms with Gasteiger partial charge in [-0.05, 0) is 59.3 Å². The van der Waals surface area contributed by atoms with Gasteiger partial charge in [-0.15, -0.1) is 15.3 Å². The summed E-state index contributed by atoms with van der Waals surface area (Å²) in [5, 5.41) is 38.2. The smallest absolute Gasteiger partial charge is 0.296 e. The van der Waals surface area contributed by atoms with Crippen LogP contribution in [-0.4, -0.2) is 50.8 Å². The molecule has 0 aliphatic rings. The lowest BCUT2D eigenvalue weighted by Gasteiger charge is -2.10. The van der Waals surface area contributed by atoms with Gasteiger partial charge in [-0.2, -0.15) is 21.9 Å². The average Bonchev–Trinajstić information content (AvgIpc) is 2.95. The first kappa shape index (κ1) is 31.4. The van der Waals surface area contributed by atoms with Gasteiger partial charge in [0.15, 0.2) is 5.75 Å². The van der Waals surface area contributed by atoms with E-state index < -0.39 is 46.6 Å². The van der Waals surface area contributed by atoms with Crippen molar-refractivity contribution in [3.05, 3.63) is 78.9 Å². The summed E-state index contributed by atoms with van der Waals surface area (Å²) in [6.45, 7) is 0. The van der Waals surface area contributed by atoms with E-state index >= 15 is 0 Å². The highest BCUT2D eigenvalue weighted by Crippen LogP contribution is 2.43. The van der Waals surface area contributed by atoms with E-state index in [-0.39, 0.29) is 44.2 Å². The number of nitrogens with zero attached hydrogens (tertiary/aromatic N) is 4. The number of sulfonamides is 1. The van der Waals surface area contributed by atoms with Crippen LogP contribution in [0, 0.1) is 0 Å². The van der Waals surface area contributed by atoms with E-state index in [2.05, 4.69) is 25.2 Å². The first-order chi connectivity index (χ1) is 21.0. The van der Waals surface area contributed by atoms with E-state index in [9.17, 15) is 44.6 Å². The third-order valence-electron chi connectivity index (χ3n) is 6.28.